The average molecular weight is 304 g/mol. The van der Waals surface area contributed by atoms with Crippen molar-refractivity contribution in [3.8, 4) is 0 Å². The topological polar surface area (TPSA) is 17.1 Å². The van der Waals surface area contributed by atoms with Crippen LogP contribution in [0.3, 0.4) is 0 Å². The summed E-state index contributed by atoms with van der Waals surface area (Å²) in [5.41, 5.74) is 0.870. The Morgan fingerprint density at radius 1 is 1.31 bits per heavy atom. The Balaban J connectivity index is 2.73. The molecule has 16 heavy (non-hydrogen) atoms. The number of ketones is 1. The molecule has 88 valence electrons. The highest BCUT2D eigenvalue weighted by Crippen LogP contribution is 2.24. The molecule has 0 unspecified atom stereocenters. The molecule has 1 rings (SSSR count). The van der Waals surface area contributed by atoms with Crippen LogP contribution in [0.2, 0.25) is 5.02 Å². The number of hydrogen-bond donors (Lipinski definition) is 0. The standard InChI is InChI=1S/C13H16BrClO/c1-13(2,3)5-4-12(16)9-6-10(14)8-11(15)7-9/h6-8H,4-5H2,1-3H3. The van der Waals surface area contributed by atoms with Gasteiger partial charge in [-0.1, -0.05) is 48.3 Å². The van der Waals surface area contributed by atoms with E-state index in [0.29, 0.717) is 17.0 Å². The maximum atomic E-state index is 11.9. The van der Waals surface area contributed by atoms with Crippen molar-refractivity contribution in [1.29, 1.82) is 0 Å². The number of hydrogen-bond acceptors (Lipinski definition) is 1. The van der Waals surface area contributed by atoms with Crippen LogP contribution in [0.1, 0.15) is 44.0 Å². The van der Waals surface area contributed by atoms with Gasteiger partial charge >= 0.3 is 0 Å². The normalized spacial score (nSPS) is 11.6. The van der Waals surface area contributed by atoms with E-state index in [1.165, 1.54) is 0 Å². The van der Waals surface area contributed by atoms with Crippen LogP contribution in [-0.4, -0.2) is 5.78 Å². The lowest BCUT2D eigenvalue weighted by Gasteiger charge is -2.17. The molecule has 1 aromatic carbocycles. The van der Waals surface area contributed by atoms with Crippen molar-refractivity contribution < 1.29 is 4.79 Å². The monoisotopic (exact) mass is 302 g/mol. The zero-order chi connectivity index (χ0) is 12.3. The lowest BCUT2D eigenvalue weighted by molar-refractivity contribution is 0.0966. The van der Waals surface area contributed by atoms with E-state index in [1.54, 1.807) is 12.1 Å². The summed E-state index contributed by atoms with van der Waals surface area (Å²) < 4.78 is 0.846. The number of Topliss-reactive ketones (excluding diaryl/α,β-unsaturated/α-hetero) is 1. The maximum Gasteiger partial charge on any atom is 0.162 e. The molecule has 0 aromatic heterocycles. The van der Waals surface area contributed by atoms with Crippen molar-refractivity contribution >= 4 is 33.3 Å². The quantitative estimate of drug-likeness (QED) is 0.709. The Morgan fingerprint density at radius 3 is 2.44 bits per heavy atom. The van der Waals surface area contributed by atoms with Crippen molar-refractivity contribution in [3.63, 3.8) is 0 Å². The summed E-state index contributed by atoms with van der Waals surface area (Å²) in [5, 5.41) is 0.591. The molecule has 0 spiro atoms. The smallest absolute Gasteiger partial charge is 0.162 e. The van der Waals surface area contributed by atoms with Gasteiger partial charge in [-0.05, 0) is 30.0 Å². The SMILES string of the molecule is CC(C)(C)CCC(=O)c1cc(Cl)cc(Br)c1. The van der Waals surface area contributed by atoms with Gasteiger partial charge in [-0.25, -0.2) is 0 Å². The third-order valence-corrected chi connectivity index (χ3v) is 2.96. The second-order valence-electron chi connectivity index (χ2n) is 5.14. The van der Waals surface area contributed by atoms with E-state index in [9.17, 15) is 4.79 Å². The second kappa shape index (κ2) is 5.33. The van der Waals surface area contributed by atoms with E-state index in [0.717, 1.165) is 10.9 Å². The lowest BCUT2D eigenvalue weighted by atomic mass is 9.88. The van der Waals surface area contributed by atoms with Crippen molar-refractivity contribution in [2.45, 2.75) is 33.6 Å². The van der Waals surface area contributed by atoms with Crippen molar-refractivity contribution in [2.75, 3.05) is 0 Å². The third kappa shape index (κ3) is 4.67. The molecule has 0 saturated carbocycles. The molecule has 1 aromatic rings. The highest BCUT2D eigenvalue weighted by molar-refractivity contribution is 9.10. The minimum atomic E-state index is 0.151. The van der Waals surface area contributed by atoms with Crippen LogP contribution in [-0.2, 0) is 0 Å². The molecular weight excluding hydrogens is 287 g/mol. The molecule has 0 N–H and O–H groups in total. The molecule has 0 atom stereocenters. The highest BCUT2D eigenvalue weighted by Gasteiger charge is 2.14. The van der Waals surface area contributed by atoms with Gasteiger partial charge in [0.05, 0.1) is 0 Å². The molecule has 0 bridgehead atoms. The van der Waals surface area contributed by atoms with Gasteiger partial charge in [0.1, 0.15) is 0 Å². The van der Waals surface area contributed by atoms with E-state index < -0.39 is 0 Å². The fourth-order valence-electron chi connectivity index (χ4n) is 1.35. The van der Waals surface area contributed by atoms with Gasteiger partial charge < -0.3 is 0 Å². The Bertz CT molecular complexity index is 373. The van der Waals surface area contributed by atoms with Gasteiger partial charge in [-0.15, -0.1) is 0 Å². The number of halogens is 2. The average Bonchev–Trinajstić information content (AvgIpc) is 2.11. The largest absolute Gasteiger partial charge is 0.294 e. The van der Waals surface area contributed by atoms with Gasteiger partial charge in [0.25, 0.3) is 0 Å². The van der Waals surface area contributed by atoms with E-state index >= 15 is 0 Å². The van der Waals surface area contributed by atoms with Crippen LogP contribution in [0.5, 0.6) is 0 Å². The van der Waals surface area contributed by atoms with Gasteiger partial charge in [0.15, 0.2) is 5.78 Å². The Hall–Kier alpha value is -0.340. The van der Waals surface area contributed by atoms with Gasteiger partial charge in [0, 0.05) is 21.5 Å². The van der Waals surface area contributed by atoms with Gasteiger partial charge in [-0.3, -0.25) is 4.79 Å². The van der Waals surface area contributed by atoms with Crippen LogP contribution >= 0.6 is 27.5 Å². The lowest BCUT2D eigenvalue weighted by Crippen LogP contribution is -2.09. The van der Waals surface area contributed by atoms with Crippen LogP contribution < -0.4 is 0 Å². The van der Waals surface area contributed by atoms with Crippen LogP contribution in [0.25, 0.3) is 0 Å². The number of carbonyl (C=O) groups excluding carboxylic acids is 1. The molecule has 0 saturated heterocycles. The summed E-state index contributed by atoms with van der Waals surface area (Å²) in [6.45, 7) is 6.40. The molecule has 0 heterocycles. The van der Waals surface area contributed by atoms with Crippen LogP contribution in [0.15, 0.2) is 22.7 Å². The van der Waals surface area contributed by atoms with E-state index in [-0.39, 0.29) is 11.2 Å². The Morgan fingerprint density at radius 2 is 1.94 bits per heavy atom. The molecule has 0 fully saturated rings. The summed E-state index contributed by atoms with van der Waals surface area (Å²) in [4.78, 5) is 11.9. The molecule has 1 nitrogen and oxygen atoms in total. The highest BCUT2D eigenvalue weighted by atomic mass is 79.9. The van der Waals surface area contributed by atoms with E-state index in [2.05, 4.69) is 36.7 Å². The molecule has 3 heteroatoms. The zero-order valence-electron chi connectivity index (χ0n) is 9.81. The summed E-state index contributed by atoms with van der Waals surface area (Å²) in [6.07, 6.45) is 1.45. The first kappa shape index (κ1) is 13.7. The second-order valence-corrected chi connectivity index (χ2v) is 6.49. The van der Waals surface area contributed by atoms with Crippen molar-refractivity contribution in [3.05, 3.63) is 33.3 Å². The fraction of sp³-hybridized carbons (Fsp3) is 0.462. The number of carbonyl (C=O) groups is 1. The predicted octanol–water partition coefficient (Wildman–Crippen LogP) is 5.11. The molecular formula is C13H16BrClO. The predicted molar refractivity (Wildman–Crippen MR) is 72.2 cm³/mol. The molecule has 0 amide bonds. The Kier molecular flexibility index (Phi) is 4.57. The molecule has 0 aliphatic rings. The van der Waals surface area contributed by atoms with Gasteiger partial charge in [-0.2, -0.15) is 0 Å². The molecule has 0 aliphatic heterocycles. The summed E-state index contributed by atoms with van der Waals surface area (Å²) in [7, 11) is 0. The summed E-state index contributed by atoms with van der Waals surface area (Å²) in [6, 6.07) is 5.32. The van der Waals surface area contributed by atoms with Crippen LogP contribution in [0.4, 0.5) is 0 Å². The first-order valence-electron chi connectivity index (χ1n) is 5.27. The zero-order valence-corrected chi connectivity index (χ0v) is 12.2. The summed E-state index contributed by atoms with van der Waals surface area (Å²) in [5.74, 6) is 0.151. The van der Waals surface area contributed by atoms with E-state index in [1.807, 2.05) is 6.07 Å². The van der Waals surface area contributed by atoms with Crippen LogP contribution in [0, 0.1) is 5.41 Å². The molecule has 0 radical (unpaired) electrons. The number of benzene rings is 1. The third-order valence-electron chi connectivity index (χ3n) is 2.29. The first-order valence-corrected chi connectivity index (χ1v) is 6.44. The minimum Gasteiger partial charge on any atom is -0.294 e. The fourth-order valence-corrected chi connectivity index (χ4v) is 2.21. The first-order chi connectivity index (χ1) is 7.28. The number of rotatable bonds is 3. The summed E-state index contributed by atoms with van der Waals surface area (Å²) >= 11 is 9.24. The molecule has 0 aliphatic carbocycles. The minimum absolute atomic E-state index is 0.151. The van der Waals surface area contributed by atoms with Gasteiger partial charge in [0.2, 0.25) is 0 Å². The maximum absolute atomic E-state index is 11.9. The Labute approximate surface area is 110 Å². The van der Waals surface area contributed by atoms with E-state index in [4.69, 9.17) is 11.6 Å². The van der Waals surface area contributed by atoms with Crippen molar-refractivity contribution in [2.24, 2.45) is 5.41 Å². The van der Waals surface area contributed by atoms with Crippen molar-refractivity contribution in [1.82, 2.24) is 0 Å².